The molecule has 0 heterocycles. The molecule has 0 aliphatic heterocycles. The van der Waals surface area contributed by atoms with Crippen molar-refractivity contribution in [2.45, 2.75) is 77.7 Å². The molecule has 120 valence electrons. The molecular formula is C18H30O3. The largest absolute Gasteiger partial charge is 0.385 e. The first-order valence-corrected chi connectivity index (χ1v) is 8.76. The van der Waals surface area contributed by atoms with E-state index in [1.165, 1.54) is 19.3 Å². The Morgan fingerprint density at radius 3 is 2.29 bits per heavy atom. The Morgan fingerprint density at radius 1 is 1.00 bits per heavy atom. The fourth-order valence-electron chi connectivity index (χ4n) is 4.43. The number of carbonyl (C=O) groups excluding carboxylic acids is 2. The van der Waals surface area contributed by atoms with Crippen LogP contribution in [0.2, 0.25) is 0 Å². The third-order valence-corrected chi connectivity index (χ3v) is 5.48. The molecule has 0 spiro atoms. The smallest absolute Gasteiger partial charge is 0.165 e. The van der Waals surface area contributed by atoms with Crippen LogP contribution in [0.3, 0.4) is 0 Å². The zero-order chi connectivity index (χ0) is 15.4. The Balaban J connectivity index is 2.18. The van der Waals surface area contributed by atoms with E-state index in [9.17, 15) is 14.7 Å². The van der Waals surface area contributed by atoms with E-state index >= 15 is 0 Å². The van der Waals surface area contributed by atoms with Crippen LogP contribution in [0.4, 0.5) is 0 Å². The highest BCUT2D eigenvalue weighted by atomic mass is 16.3. The van der Waals surface area contributed by atoms with Crippen molar-refractivity contribution in [3.63, 3.8) is 0 Å². The second-order valence-corrected chi connectivity index (χ2v) is 7.34. The van der Waals surface area contributed by atoms with E-state index in [1.54, 1.807) is 0 Å². The monoisotopic (exact) mass is 294 g/mol. The van der Waals surface area contributed by atoms with Crippen molar-refractivity contribution in [3.05, 3.63) is 0 Å². The predicted octanol–water partition coefficient (Wildman–Crippen LogP) is 3.53. The summed E-state index contributed by atoms with van der Waals surface area (Å²) in [5.41, 5.74) is 0. The van der Waals surface area contributed by atoms with Crippen LogP contribution in [-0.2, 0) is 9.59 Å². The molecule has 1 N–H and O–H groups in total. The van der Waals surface area contributed by atoms with Crippen LogP contribution >= 0.6 is 0 Å². The van der Waals surface area contributed by atoms with Gasteiger partial charge in [-0.1, -0.05) is 46.0 Å². The van der Waals surface area contributed by atoms with Crippen LogP contribution in [0.15, 0.2) is 0 Å². The molecule has 4 atom stereocenters. The van der Waals surface area contributed by atoms with Crippen LogP contribution in [0, 0.1) is 23.7 Å². The normalized spacial score (nSPS) is 36.2. The van der Waals surface area contributed by atoms with Crippen LogP contribution in [0.25, 0.3) is 0 Å². The van der Waals surface area contributed by atoms with Gasteiger partial charge >= 0.3 is 0 Å². The first-order chi connectivity index (χ1) is 10.0. The number of hydrogen-bond acceptors (Lipinski definition) is 3. The summed E-state index contributed by atoms with van der Waals surface area (Å²) in [7, 11) is 0. The average Bonchev–Trinajstić information content (AvgIpc) is 2.67. The van der Waals surface area contributed by atoms with Crippen LogP contribution < -0.4 is 0 Å². The SMILES string of the molecule is CC(C)[C@H]1[C@@H]2CC(=O)CCCCCCCC[C@H]1C(O)C2=O. The highest BCUT2D eigenvalue weighted by Crippen LogP contribution is 2.44. The van der Waals surface area contributed by atoms with Gasteiger partial charge in [0, 0.05) is 18.8 Å². The van der Waals surface area contributed by atoms with Gasteiger partial charge in [0.15, 0.2) is 5.78 Å². The summed E-state index contributed by atoms with van der Waals surface area (Å²) in [6.45, 7) is 4.25. The summed E-state index contributed by atoms with van der Waals surface area (Å²) in [5.74, 6) is 0.501. The van der Waals surface area contributed by atoms with Crippen LogP contribution in [0.1, 0.15) is 71.6 Å². The van der Waals surface area contributed by atoms with Crippen molar-refractivity contribution in [1.82, 2.24) is 0 Å². The Labute approximate surface area is 128 Å². The molecule has 0 radical (unpaired) electrons. The molecule has 0 aromatic carbocycles. The number of fused-ring (bicyclic) bond motifs is 2. The van der Waals surface area contributed by atoms with E-state index in [-0.39, 0.29) is 29.3 Å². The number of aliphatic hydroxyl groups is 1. The second kappa shape index (κ2) is 7.53. The minimum Gasteiger partial charge on any atom is -0.385 e. The van der Waals surface area contributed by atoms with Crippen molar-refractivity contribution < 1.29 is 14.7 Å². The van der Waals surface area contributed by atoms with Crippen LogP contribution in [0.5, 0.6) is 0 Å². The summed E-state index contributed by atoms with van der Waals surface area (Å²) in [5, 5.41) is 10.3. The van der Waals surface area contributed by atoms with Crippen molar-refractivity contribution in [3.8, 4) is 0 Å². The predicted molar refractivity (Wildman–Crippen MR) is 82.9 cm³/mol. The van der Waals surface area contributed by atoms with Gasteiger partial charge < -0.3 is 5.11 Å². The van der Waals surface area contributed by atoms with Crippen molar-refractivity contribution >= 4 is 11.6 Å². The Kier molecular flexibility index (Phi) is 5.98. The van der Waals surface area contributed by atoms with E-state index in [0.29, 0.717) is 18.8 Å². The fourth-order valence-corrected chi connectivity index (χ4v) is 4.43. The lowest BCUT2D eigenvalue weighted by Crippen LogP contribution is -2.25. The number of rotatable bonds is 1. The standard InChI is InChI=1S/C18H30O3/c1-12(2)16-14-10-8-6-4-3-5-7-9-13(19)11-15(16)18(21)17(14)20/h12,14-17,20H,3-11H2,1-2H3/t14-,15+,16-,17?/m1/s1. The minimum atomic E-state index is -0.835. The molecule has 2 aliphatic rings. The molecule has 2 rings (SSSR count). The maximum absolute atomic E-state index is 12.4. The summed E-state index contributed by atoms with van der Waals surface area (Å²) in [4.78, 5) is 24.6. The maximum atomic E-state index is 12.4. The molecule has 0 saturated heterocycles. The zero-order valence-corrected chi connectivity index (χ0v) is 13.5. The van der Waals surface area contributed by atoms with E-state index in [1.807, 2.05) is 0 Å². The van der Waals surface area contributed by atoms with Gasteiger partial charge in [0.1, 0.15) is 11.9 Å². The molecule has 2 bridgehead atoms. The lowest BCUT2D eigenvalue weighted by atomic mass is 9.76. The molecule has 0 aromatic rings. The van der Waals surface area contributed by atoms with Gasteiger partial charge in [0.05, 0.1) is 0 Å². The average molecular weight is 294 g/mol. The number of hydrogen-bond donors (Lipinski definition) is 1. The summed E-state index contributed by atoms with van der Waals surface area (Å²) >= 11 is 0. The molecule has 21 heavy (non-hydrogen) atoms. The van der Waals surface area contributed by atoms with Crippen molar-refractivity contribution in [1.29, 1.82) is 0 Å². The molecule has 3 nitrogen and oxygen atoms in total. The van der Waals surface area contributed by atoms with Crippen molar-refractivity contribution in [2.24, 2.45) is 23.7 Å². The van der Waals surface area contributed by atoms with Crippen molar-refractivity contribution in [2.75, 3.05) is 0 Å². The molecule has 2 aliphatic carbocycles. The third kappa shape index (κ3) is 3.94. The molecule has 0 aromatic heterocycles. The van der Waals surface area contributed by atoms with Crippen LogP contribution in [-0.4, -0.2) is 22.8 Å². The Morgan fingerprint density at radius 2 is 1.62 bits per heavy atom. The van der Waals surface area contributed by atoms with Gasteiger partial charge in [0.25, 0.3) is 0 Å². The second-order valence-electron chi connectivity index (χ2n) is 7.34. The first-order valence-electron chi connectivity index (χ1n) is 8.76. The molecule has 2 fully saturated rings. The number of ketones is 2. The third-order valence-electron chi connectivity index (χ3n) is 5.48. The Bertz CT molecular complexity index is 375. The van der Waals surface area contributed by atoms with Gasteiger partial charge in [-0.2, -0.15) is 0 Å². The summed E-state index contributed by atoms with van der Waals surface area (Å²) in [6, 6.07) is 0. The first kappa shape index (κ1) is 16.7. The zero-order valence-electron chi connectivity index (χ0n) is 13.5. The van der Waals surface area contributed by atoms with Gasteiger partial charge in [-0.15, -0.1) is 0 Å². The molecular weight excluding hydrogens is 264 g/mol. The molecule has 2 saturated carbocycles. The van der Waals surface area contributed by atoms with E-state index in [4.69, 9.17) is 0 Å². The molecule has 0 amide bonds. The molecule has 1 unspecified atom stereocenters. The minimum absolute atomic E-state index is 0.0656. The highest BCUT2D eigenvalue weighted by Gasteiger charge is 2.49. The lowest BCUT2D eigenvalue weighted by Gasteiger charge is -2.27. The van der Waals surface area contributed by atoms with E-state index in [2.05, 4.69) is 13.8 Å². The highest BCUT2D eigenvalue weighted by molar-refractivity contribution is 5.92. The topological polar surface area (TPSA) is 54.4 Å². The lowest BCUT2D eigenvalue weighted by molar-refractivity contribution is -0.131. The van der Waals surface area contributed by atoms with Gasteiger partial charge in [-0.3, -0.25) is 9.59 Å². The van der Waals surface area contributed by atoms with Gasteiger partial charge in [-0.05, 0) is 30.6 Å². The summed E-state index contributed by atoms with van der Waals surface area (Å²) < 4.78 is 0. The maximum Gasteiger partial charge on any atom is 0.165 e. The van der Waals surface area contributed by atoms with E-state index in [0.717, 1.165) is 25.7 Å². The number of aliphatic hydroxyl groups excluding tert-OH is 1. The van der Waals surface area contributed by atoms with E-state index < -0.39 is 6.10 Å². The fraction of sp³-hybridized carbons (Fsp3) is 0.889. The molecule has 3 heteroatoms. The summed E-state index contributed by atoms with van der Waals surface area (Å²) in [6.07, 6.45) is 7.84. The Hall–Kier alpha value is -0.700. The van der Waals surface area contributed by atoms with Gasteiger partial charge in [0.2, 0.25) is 0 Å². The van der Waals surface area contributed by atoms with Gasteiger partial charge in [-0.25, -0.2) is 0 Å². The number of carbonyl (C=O) groups is 2. The number of Topliss-reactive ketones (excluding diaryl/α,β-unsaturated/α-hetero) is 2. The quantitative estimate of drug-likeness (QED) is 0.805.